The molecular weight excluding hydrogens is 410 g/mol. The van der Waals surface area contributed by atoms with Crippen molar-refractivity contribution in [2.45, 2.75) is 0 Å². The quantitative estimate of drug-likeness (QED) is 0.468. The van der Waals surface area contributed by atoms with E-state index < -0.39 is 0 Å². The molecule has 2 aromatic rings. The Morgan fingerprint density at radius 2 is 1.84 bits per heavy atom. The van der Waals surface area contributed by atoms with Crippen LogP contribution in [0.3, 0.4) is 0 Å². The van der Waals surface area contributed by atoms with Gasteiger partial charge in [0.25, 0.3) is 0 Å². The Bertz CT molecular complexity index is 882. The largest absolute Gasteiger partial charge is 0.497 e. The minimum Gasteiger partial charge on any atom is -0.497 e. The summed E-state index contributed by atoms with van der Waals surface area (Å²) in [5, 5.41) is 4.35. The summed E-state index contributed by atoms with van der Waals surface area (Å²) in [6.45, 7) is 7.98. The van der Waals surface area contributed by atoms with E-state index in [1.807, 2.05) is 36.4 Å². The lowest BCUT2D eigenvalue weighted by atomic mass is 10.2. The van der Waals surface area contributed by atoms with Gasteiger partial charge in [-0.1, -0.05) is 12.1 Å². The smallest absolute Gasteiger partial charge is 0.217 e. The molecule has 9 nitrogen and oxygen atoms in total. The van der Waals surface area contributed by atoms with Crippen molar-refractivity contribution in [3.63, 3.8) is 0 Å². The Kier molecular flexibility index (Phi) is 8.13. The summed E-state index contributed by atoms with van der Waals surface area (Å²) >= 11 is 0. The Labute approximate surface area is 188 Å². The molecule has 0 saturated carbocycles. The summed E-state index contributed by atoms with van der Waals surface area (Å²) in [5.74, 6) is 2.01. The molecule has 4 rings (SSSR count). The summed E-state index contributed by atoms with van der Waals surface area (Å²) in [6, 6.07) is 11.7. The molecule has 3 heterocycles. The lowest BCUT2D eigenvalue weighted by molar-refractivity contribution is 0.0320. The summed E-state index contributed by atoms with van der Waals surface area (Å²) in [6.07, 6.45) is 1.74. The molecule has 1 aromatic heterocycles. The van der Waals surface area contributed by atoms with E-state index in [9.17, 15) is 0 Å². The number of ether oxygens (including phenoxy) is 4. The number of anilines is 2. The van der Waals surface area contributed by atoms with Gasteiger partial charge in [0, 0.05) is 50.5 Å². The molecule has 2 aliphatic heterocycles. The Balaban J connectivity index is 1.43. The average molecular weight is 442 g/mol. The highest BCUT2D eigenvalue weighted by molar-refractivity contribution is 5.80. The highest BCUT2D eigenvalue weighted by Gasteiger charge is 2.15. The number of aromatic nitrogens is 1. The number of hydrogen-bond acceptors (Lipinski definition) is 9. The van der Waals surface area contributed by atoms with Crippen LogP contribution < -0.4 is 19.8 Å². The van der Waals surface area contributed by atoms with Crippen LogP contribution in [0.1, 0.15) is 5.56 Å². The molecule has 0 radical (unpaired) electrons. The number of morpholine rings is 2. The second kappa shape index (κ2) is 11.7. The van der Waals surface area contributed by atoms with E-state index in [2.05, 4.69) is 25.3 Å². The minimum absolute atomic E-state index is 0.575. The van der Waals surface area contributed by atoms with Gasteiger partial charge in [-0.25, -0.2) is 0 Å². The van der Waals surface area contributed by atoms with Crippen molar-refractivity contribution in [1.82, 2.24) is 9.88 Å². The molecule has 1 aromatic carbocycles. The van der Waals surface area contributed by atoms with Crippen molar-refractivity contribution in [2.24, 2.45) is 5.10 Å². The molecular formula is C23H31N5O4. The van der Waals surface area contributed by atoms with Gasteiger partial charge in [0.2, 0.25) is 5.88 Å². The minimum atomic E-state index is 0.575. The molecule has 2 aliphatic rings. The van der Waals surface area contributed by atoms with E-state index in [1.165, 1.54) is 0 Å². The molecule has 0 spiro atoms. The van der Waals surface area contributed by atoms with Crippen LogP contribution in [0.4, 0.5) is 11.5 Å². The number of nitrogens with one attached hydrogen (secondary N) is 1. The highest BCUT2D eigenvalue weighted by Crippen LogP contribution is 2.25. The van der Waals surface area contributed by atoms with Gasteiger partial charge < -0.3 is 23.8 Å². The molecule has 2 fully saturated rings. The molecule has 9 heteroatoms. The first-order valence-electron chi connectivity index (χ1n) is 11.0. The third kappa shape index (κ3) is 6.56. The molecule has 0 amide bonds. The fourth-order valence-electron chi connectivity index (χ4n) is 3.63. The van der Waals surface area contributed by atoms with Crippen LogP contribution >= 0.6 is 0 Å². The highest BCUT2D eigenvalue weighted by atomic mass is 16.5. The Hall–Kier alpha value is -2.88. The van der Waals surface area contributed by atoms with E-state index >= 15 is 0 Å². The third-order valence-electron chi connectivity index (χ3n) is 5.41. The second-order valence-corrected chi connectivity index (χ2v) is 7.60. The molecule has 32 heavy (non-hydrogen) atoms. The topological polar surface area (TPSA) is 80.7 Å². The number of benzene rings is 1. The van der Waals surface area contributed by atoms with Crippen LogP contribution in [0.2, 0.25) is 0 Å². The summed E-state index contributed by atoms with van der Waals surface area (Å²) in [4.78, 5) is 9.22. The zero-order chi connectivity index (χ0) is 22.0. The molecule has 172 valence electrons. The number of hydrazone groups is 1. The molecule has 1 N–H and O–H groups in total. The van der Waals surface area contributed by atoms with Crippen molar-refractivity contribution < 1.29 is 18.9 Å². The van der Waals surface area contributed by atoms with E-state index in [-0.39, 0.29) is 0 Å². The lowest BCUT2D eigenvalue weighted by Crippen LogP contribution is -2.38. The van der Waals surface area contributed by atoms with Crippen LogP contribution in [0.25, 0.3) is 0 Å². The predicted molar refractivity (Wildman–Crippen MR) is 124 cm³/mol. The normalized spacial score (nSPS) is 17.5. The van der Waals surface area contributed by atoms with Crippen LogP contribution in [-0.2, 0) is 9.47 Å². The second-order valence-electron chi connectivity index (χ2n) is 7.60. The lowest BCUT2D eigenvalue weighted by Gasteiger charge is -2.29. The van der Waals surface area contributed by atoms with Gasteiger partial charge in [-0.2, -0.15) is 10.1 Å². The fraction of sp³-hybridized carbons (Fsp3) is 0.478. The number of methoxy groups -OCH3 is 1. The first kappa shape index (κ1) is 22.3. The monoisotopic (exact) mass is 441 g/mol. The molecule has 0 aliphatic carbocycles. The average Bonchev–Trinajstić information content (AvgIpc) is 2.85. The van der Waals surface area contributed by atoms with Crippen molar-refractivity contribution in [3.8, 4) is 11.6 Å². The van der Waals surface area contributed by atoms with Gasteiger partial charge in [0.1, 0.15) is 12.4 Å². The van der Waals surface area contributed by atoms with E-state index in [4.69, 9.17) is 18.9 Å². The summed E-state index contributed by atoms with van der Waals surface area (Å²) in [5.41, 5.74) is 5.02. The molecule has 0 unspecified atom stereocenters. The summed E-state index contributed by atoms with van der Waals surface area (Å²) in [7, 11) is 1.65. The fourth-order valence-corrected chi connectivity index (χ4v) is 3.63. The van der Waals surface area contributed by atoms with Gasteiger partial charge >= 0.3 is 0 Å². The van der Waals surface area contributed by atoms with Crippen LogP contribution in [0.5, 0.6) is 11.6 Å². The molecule has 0 atom stereocenters. The number of rotatable bonds is 9. The van der Waals surface area contributed by atoms with E-state index in [0.717, 1.165) is 62.9 Å². The van der Waals surface area contributed by atoms with Crippen LogP contribution in [0, 0.1) is 0 Å². The summed E-state index contributed by atoms with van der Waals surface area (Å²) < 4.78 is 22.2. The number of pyridine rings is 1. The Morgan fingerprint density at radius 3 is 2.62 bits per heavy atom. The zero-order valence-corrected chi connectivity index (χ0v) is 18.5. The maximum atomic E-state index is 6.02. The SMILES string of the molecule is COc1cccc(/C=N/Nc2cc(N3CCOCC3)cc(OCCN3CCOCC3)n2)c1. The van der Waals surface area contributed by atoms with E-state index in [1.54, 1.807) is 13.3 Å². The van der Waals surface area contributed by atoms with Crippen molar-refractivity contribution in [2.75, 3.05) is 83.2 Å². The molecule has 2 saturated heterocycles. The van der Waals surface area contributed by atoms with Gasteiger partial charge in [-0.05, 0) is 17.7 Å². The van der Waals surface area contributed by atoms with Gasteiger partial charge in [-0.15, -0.1) is 0 Å². The van der Waals surface area contributed by atoms with Crippen molar-refractivity contribution in [1.29, 1.82) is 0 Å². The van der Waals surface area contributed by atoms with Gasteiger partial charge in [0.05, 0.1) is 39.8 Å². The zero-order valence-electron chi connectivity index (χ0n) is 18.5. The standard InChI is InChI=1S/C23H31N5O4/c1-29-21-4-2-3-19(15-21)18-24-26-22-16-20(28-8-12-31-13-9-28)17-23(25-22)32-14-7-27-5-10-30-11-6-27/h2-4,15-18H,5-14H2,1H3,(H,25,26)/b24-18+. The number of hydrogen-bond donors (Lipinski definition) is 1. The van der Waals surface area contributed by atoms with Crippen molar-refractivity contribution in [3.05, 3.63) is 42.0 Å². The third-order valence-corrected chi connectivity index (χ3v) is 5.41. The Morgan fingerprint density at radius 1 is 1.06 bits per heavy atom. The van der Waals surface area contributed by atoms with Gasteiger partial charge in [-0.3, -0.25) is 10.3 Å². The predicted octanol–water partition coefficient (Wildman–Crippen LogP) is 2.08. The van der Waals surface area contributed by atoms with E-state index in [0.29, 0.717) is 31.5 Å². The van der Waals surface area contributed by atoms with Crippen LogP contribution in [-0.4, -0.2) is 89.0 Å². The first-order chi connectivity index (χ1) is 15.8. The molecule has 0 bridgehead atoms. The van der Waals surface area contributed by atoms with Crippen molar-refractivity contribution >= 4 is 17.7 Å². The number of nitrogens with zero attached hydrogens (tertiary/aromatic N) is 4. The van der Waals surface area contributed by atoms with Crippen LogP contribution in [0.15, 0.2) is 41.5 Å². The van der Waals surface area contributed by atoms with Gasteiger partial charge in [0.15, 0.2) is 5.82 Å². The maximum absolute atomic E-state index is 6.02. The first-order valence-corrected chi connectivity index (χ1v) is 11.0. The maximum Gasteiger partial charge on any atom is 0.217 e.